The van der Waals surface area contributed by atoms with Crippen LogP contribution in [0.5, 0.6) is 0 Å². The molecule has 4 heteroatoms. The molecule has 0 saturated carbocycles. The summed E-state index contributed by atoms with van der Waals surface area (Å²) in [5, 5.41) is 4.40. The number of fused-ring (bicyclic) bond motifs is 1. The molecule has 4 aromatic rings. The molecule has 0 aliphatic carbocycles. The highest BCUT2D eigenvalue weighted by Gasteiger charge is 2.09. The fourth-order valence-electron chi connectivity index (χ4n) is 2.30. The van der Waals surface area contributed by atoms with Gasteiger partial charge in [-0.1, -0.05) is 30.3 Å². The van der Waals surface area contributed by atoms with Crippen molar-refractivity contribution in [1.29, 1.82) is 0 Å². The third-order valence-corrected chi connectivity index (χ3v) is 5.35. The van der Waals surface area contributed by atoms with Crippen LogP contribution in [0.2, 0.25) is 0 Å². The lowest BCUT2D eigenvalue weighted by molar-refractivity contribution is 1.42. The molecule has 0 aliphatic heterocycles. The molecular weight excluding hydrogens is 296 g/mol. The van der Waals surface area contributed by atoms with Gasteiger partial charge in [-0.25, -0.2) is 4.98 Å². The second kappa shape index (κ2) is 4.98. The van der Waals surface area contributed by atoms with Crippen LogP contribution in [0, 0.1) is 0 Å². The van der Waals surface area contributed by atoms with E-state index in [9.17, 15) is 0 Å². The molecule has 0 saturated heterocycles. The van der Waals surface area contributed by atoms with Crippen LogP contribution >= 0.6 is 22.7 Å². The number of nitrogens with zero attached hydrogens (tertiary/aromatic N) is 1. The molecule has 2 aromatic carbocycles. The van der Waals surface area contributed by atoms with Crippen LogP contribution in [0.3, 0.4) is 0 Å². The molecule has 2 aromatic heterocycles. The van der Waals surface area contributed by atoms with Crippen molar-refractivity contribution in [3.63, 3.8) is 0 Å². The molecule has 0 fully saturated rings. The van der Waals surface area contributed by atoms with Crippen molar-refractivity contribution in [3.8, 4) is 21.1 Å². The Morgan fingerprint density at radius 1 is 0.952 bits per heavy atom. The van der Waals surface area contributed by atoms with Gasteiger partial charge < -0.3 is 5.73 Å². The standard InChI is InChI=1S/C17H12N2S2/c18-13-6-3-5-12(8-13)17-19-14(10-20-17)16-9-11-4-1-2-7-15(11)21-16/h1-10H,18H2. The number of benzene rings is 2. The molecule has 0 aliphatic rings. The zero-order chi connectivity index (χ0) is 14.2. The first-order valence-electron chi connectivity index (χ1n) is 6.60. The number of hydrogen-bond acceptors (Lipinski definition) is 4. The number of thiazole rings is 1. The van der Waals surface area contributed by atoms with Gasteiger partial charge in [0.05, 0.1) is 10.6 Å². The maximum absolute atomic E-state index is 5.84. The Hall–Kier alpha value is -2.17. The normalized spacial score (nSPS) is 11.0. The predicted octanol–water partition coefficient (Wildman–Crippen LogP) is 5.27. The Kier molecular flexibility index (Phi) is 2.98. The van der Waals surface area contributed by atoms with E-state index in [1.165, 1.54) is 15.0 Å². The molecule has 102 valence electrons. The van der Waals surface area contributed by atoms with E-state index in [4.69, 9.17) is 10.7 Å². The maximum atomic E-state index is 5.84. The third kappa shape index (κ3) is 2.33. The van der Waals surface area contributed by atoms with E-state index in [0.29, 0.717) is 0 Å². The van der Waals surface area contributed by atoms with Gasteiger partial charge in [0.25, 0.3) is 0 Å². The Labute approximate surface area is 130 Å². The molecule has 21 heavy (non-hydrogen) atoms. The zero-order valence-electron chi connectivity index (χ0n) is 11.1. The van der Waals surface area contributed by atoms with Gasteiger partial charge in [-0.3, -0.25) is 0 Å². The van der Waals surface area contributed by atoms with Crippen molar-refractivity contribution < 1.29 is 0 Å². The molecule has 0 unspecified atom stereocenters. The first-order valence-corrected chi connectivity index (χ1v) is 8.29. The second-order valence-electron chi connectivity index (χ2n) is 4.81. The lowest BCUT2D eigenvalue weighted by Crippen LogP contribution is -1.84. The largest absolute Gasteiger partial charge is 0.399 e. The summed E-state index contributed by atoms with van der Waals surface area (Å²) in [6.07, 6.45) is 0. The van der Waals surface area contributed by atoms with E-state index in [1.54, 1.807) is 22.7 Å². The van der Waals surface area contributed by atoms with Crippen LogP contribution in [0.1, 0.15) is 0 Å². The van der Waals surface area contributed by atoms with Gasteiger partial charge in [-0.15, -0.1) is 22.7 Å². The highest BCUT2D eigenvalue weighted by atomic mass is 32.1. The minimum atomic E-state index is 0.770. The van der Waals surface area contributed by atoms with Gasteiger partial charge >= 0.3 is 0 Å². The second-order valence-corrected chi connectivity index (χ2v) is 6.75. The minimum absolute atomic E-state index is 0.770. The number of anilines is 1. The number of thiophene rings is 1. The predicted molar refractivity (Wildman–Crippen MR) is 92.8 cm³/mol. The number of nitrogens with two attached hydrogens (primary N) is 1. The zero-order valence-corrected chi connectivity index (χ0v) is 12.7. The van der Waals surface area contributed by atoms with Crippen molar-refractivity contribution in [2.45, 2.75) is 0 Å². The van der Waals surface area contributed by atoms with Crippen molar-refractivity contribution in [2.75, 3.05) is 5.73 Å². The highest BCUT2D eigenvalue weighted by molar-refractivity contribution is 7.22. The van der Waals surface area contributed by atoms with Crippen molar-refractivity contribution in [1.82, 2.24) is 4.98 Å². The summed E-state index contributed by atoms with van der Waals surface area (Å²) < 4.78 is 1.30. The first-order chi connectivity index (χ1) is 10.3. The maximum Gasteiger partial charge on any atom is 0.124 e. The van der Waals surface area contributed by atoms with Gasteiger partial charge in [0.15, 0.2) is 0 Å². The Bertz CT molecular complexity index is 888. The lowest BCUT2D eigenvalue weighted by Gasteiger charge is -1.97. The summed E-state index contributed by atoms with van der Waals surface area (Å²) in [7, 11) is 0. The molecule has 4 rings (SSSR count). The van der Waals surface area contributed by atoms with Crippen LogP contribution in [0.25, 0.3) is 31.2 Å². The summed E-state index contributed by atoms with van der Waals surface area (Å²) >= 11 is 3.44. The van der Waals surface area contributed by atoms with E-state index >= 15 is 0 Å². The summed E-state index contributed by atoms with van der Waals surface area (Å²) in [6.45, 7) is 0. The monoisotopic (exact) mass is 308 g/mol. The fraction of sp³-hybridized carbons (Fsp3) is 0. The first kappa shape index (κ1) is 12.6. The van der Waals surface area contributed by atoms with Gasteiger partial charge in [0.1, 0.15) is 5.01 Å². The van der Waals surface area contributed by atoms with E-state index in [-0.39, 0.29) is 0 Å². The highest BCUT2D eigenvalue weighted by Crippen LogP contribution is 2.36. The SMILES string of the molecule is Nc1cccc(-c2nc(-c3cc4ccccc4s3)cs2)c1. The molecule has 0 atom stereocenters. The molecule has 2 N–H and O–H groups in total. The summed E-state index contributed by atoms with van der Waals surface area (Å²) in [6, 6.07) is 18.5. The number of nitrogen functional groups attached to an aromatic ring is 1. The number of hydrogen-bond donors (Lipinski definition) is 1. The molecular formula is C17H12N2S2. The molecule has 2 heterocycles. The smallest absolute Gasteiger partial charge is 0.124 e. The number of aromatic nitrogens is 1. The average Bonchev–Trinajstić information content (AvgIpc) is 3.14. The molecule has 0 radical (unpaired) electrons. The van der Waals surface area contributed by atoms with Crippen molar-refractivity contribution >= 4 is 38.4 Å². The molecule has 0 amide bonds. The van der Waals surface area contributed by atoms with Gasteiger partial charge in [-0.05, 0) is 29.7 Å². The summed E-state index contributed by atoms with van der Waals surface area (Å²) in [4.78, 5) is 5.97. The molecule has 0 bridgehead atoms. The van der Waals surface area contributed by atoms with Crippen molar-refractivity contribution in [3.05, 3.63) is 60.0 Å². The van der Waals surface area contributed by atoms with Gasteiger partial charge in [0.2, 0.25) is 0 Å². The van der Waals surface area contributed by atoms with Gasteiger partial charge in [0, 0.05) is 21.3 Å². The van der Waals surface area contributed by atoms with E-state index in [0.717, 1.165) is 22.0 Å². The fourth-order valence-corrected chi connectivity index (χ4v) is 4.21. The van der Waals surface area contributed by atoms with Crippen LogP contribution in [-0.4, -0.2) is 4.98 Å². The Morgan fingerprint density at radius 2 is 1.86 bits per heavy atom. The summed E-state index contributed by atoms with van der Waals surface area (Å²) in [5.74, 6) is 0. The van der Waals surface area contributed by atoms with Gasteiger partial charge in [-0.2, -0.15) is 0 Å². The topological polar surface area (TPSA) is 38.9 Å². The van der Waals surface area contributed by atoms with Crippen LogP contribution < -0.4 is 5.73 Å². The number of rotatable bonds is 2. The molecule has 0 spiro atoms. The lowest BCUT2D eigenvalue weighted by atomic mass is 10.2. The average molecular weight is 308 g/mol. The van der Waals surface area contributed by atoms with E-state index in [2.05, 4.69) is 35.7 Å². The van der Waals surface area contributed by atoms with E-state index in [1.807, 2.05) is 24.3 Å². The van der Waals surface area contributed by atoms with Crippen LogP contribution in [0.4, 0.5) is 5.69 Å². The Morgan fingerprint density at radius 3 is 2.71 bits per heavy atom. The van der Waals surface area contributed by atoms with Crippen LogP contribution in [-0.2, 0) is 0 Å². The minimum Gasteiger partial charge on any atom is -0.399 e. The Balaban J connectivity index is 1.77. The van der Waals surface area contributed by atoms with Crippen LogP contribution in [0.15, 0.2) is 60.0 Å². The summed E-state index contributed by atoms with van der Waals surface area (Å²) in [5.41, 5.74) is 8.73. The quantitative estimate of drug-likeness (QED) is 0.512. The third-order valence-electron chi connectivity index (χ3n) is 3.32. The molecule has 2 nitrogen and oxygen atoms in total. The van der Waals surface area contributed by atoms with Crippen molar-refractivity contribution in [2.24, 2.45) is 0 Å². The van der Waals surface area contributed by atoms with E-state index < -0.39 is 0 Å².